The number of fused-ring (bicyclic) bond motifs is 1. The molecule has 30 heavy (non-hydrogen) atoms. The lowest BCUT2D eigenvalue weighted by molar-refractivity contribution is 0.0985. The second kappa shape index (κ2) is 7.28. The van der Waals surface area contributed by atoms with Gasteiger partial charge in [0, 0.05) is 25.4 Å². The second-order valence-corrected chi connectivity index (χ2v) is 7.83. The van der Waals surface area contributed by atoms with Gasteiger partial charge in [0.25, 0.3) is 0 Å². The van der Waals surface area contributed by atoms with Crippen molar-refractivity contribution in [2.45, 2.75) is 26.3 Å². The van der Waals surface area contributed by atoms with Gasteiger partial charge in [-0.2, -0.15) is 4.39 Å². The van der Waals surface area contributed by atoms with Gasteiger partial charge >= 0.3 is 0 Å². The predicted octanol–water partition coefficient (Wildman–Crippen LogP) is 3.18. The van der Waals surface area contributed by atoms with Crippen LogP contribution in [0.4, 0.5) is 10.2 Å². The van der Waals surface area contributed by atoms with Crippen LogP contribution in [0.5, 0.6) is 0 Å². The Morgan fingerprint density at radius 2 is 2.13 bits per heavy atom. The third kappa shape index (κ3) is 3.08. The molecular formula is C22H23FN6O. The molecule has 5 rings (SSSR count). The molecule has 0 aromatic carbocycles. The van der Waals surface area contributed by atoms with Crippen LogP contribution in [0.2, 0.25) is 0 Å². The second-order valence-electron chi connectivity index (χ2n) is 7.83. The van der Waals surface area contributed by atoms with Crippen molar-refractivity contribution < 1.29 is 9.13 Å². The fourth-order valence-electron chi connectivity index (χ4n) is 4.29. The van der Waals surface area contributed by atoms with Gasteiger partial charge in [0.2, 0.25) is 5.95 Å². The summed E-state index contributed by atoms with van der Waals surface area (Å²) in [5.74, 6) is 0.281. The zero-order chi connectivity index (χ0) is 20.8. The van der Waals surface area contributed by atoms with Gasteiger partial charge in [0.05, 0.1) is 41.9 Å². The summed E-state index contributed by atoms with van der Waals surface area (Å²) >= 11 is 0. The Hall–Kier alpha value is -3.13. The first-order valence-electron chi connectivity index (χ1n) is 10.1. The molecule has 2 aliphatic rings. The van der Waals surface area contributed by atoms with Crippen molar-refractivity contribution in [3.63, 3.8) is 0 Å². The van der Waals surface area contributed by atoms with Crippen molar-refractivity contribution in [1.82, 2.24) is 25.0 Å². The van der Waals surface area contributed by atoms with Crippen LogP contribution in [0.15, 0.2) is 24.4 Å². The lowest BCUT2D eigenvalue weighted by Crippen LogP contribution is -2.44. The highest BCUT2D eigenvalue weighted by Crippen LogP contribution is 2.36. The lowest BCUT2D eigenvalue weighted by Gasteiger charge is -2.34. The first kappa shape index (κ1) is 18.9. The SMILES string of the molecule is Cc1nnn(C)c1-c1cc(-c2c(F)ncc3c2C=CC3)nc(N2CCOC[C@H]2C)c1. The minimum absolute atomic E-state index is 0.171. The number of ether oxygens (including phenoxy) is 1. The summed E-state index contributed by atoms with van der Waals surface area (Å²) in [5, 5.41) is 8.33. The number of rotatable bonds is 3. The molecule has 0 saturated carbocycles. The molecular weight excluding hydrogens is 383 g/mol. The molecule has 1 atom stereocenters. The molecule has 1 aliphatic carbocycles. The monoisotopic (exact) mass is 406 g/mol. The van der Waals surface area contributed by atoms with Crippen LogP contribution in [0.3, 0.4) is 0 Å². The normalized spacial score (nSPS) is 18.1. The van der Waals surface area contributed by atoms with Crippen LogP contribution < -0.4 is 4.90 Å². The van der Waals surface area contributed by atoms with E-state index in [0.29, 0.717) is 24.5 Å². The Kier molecular flexibility index (Phi) is 4.58. The maximum absolute atomic E-state index is 15.0. The van der Waals surface area contributed by atoms with Crippen LogP contribution in [-0.4, -0.2) is 50.8 Å². The van der Waals surface area contributed by atoms with Crippen molar-refractivity contribution in [3.05, 3.63) is 47.2 Å². The van der Waals surface area contributed by atoms with Crippen molar-refractivity contribution >= 4 is 11.9 Å². The van der Waals surface area contributed by atoms with Gasteiger partial charge in [0.15, 0.2) is 0 Å². The first-order chi connectivity index (χ1) is 14.5. The third-order valence-electron chi connectivity index (χ3n) is 5.78. The molecule has 1 aliphatic heterocycles. The van der Waals surface area contributed by atoms with Crippen LogP contribution in [-0.2, 0) is 18.2 Å². The van der Waals surface area contributed by atoms with E-state index in [-0.39, 0.29) is 6.04 Å². The summed E-state index contributed by atoms with van der Waals surface area (Å²) in [4.78, 5) is 11.1. The van der Waals surface area contributed by atoms with Crippen molar-refractivity contribution in [2.75, 3.05) is 24.7 Å². The van der Waals surface area contributed by atoms with Gasteiger partial charge in [-0.05, 0) is 43.5 Å². The van der Waals surface area contributed by atoms with Gasteiger partial charge in [-0.1, -0.05) is 17.4 Å². The third-order valence-corrected chi connectivity index (χ3v) is 5.78. The lowest BCUT2D eigenvalue weighted by atomic mass is 10.0. The Labute approximate surface area is 174 Å². The van der Waals surface area contributed by atoms with Crippen molar-refractivity contribution in [1.29, 1.82) is 0 Å². The van der Waals surface area contributed by atoms with Crippen molar-refractivity contribution in [2.24, 2.45) is 7.05 Å². The van der Waals surface area contributed by atoms with E-state index in [1.807, 2.05) is 38.3 Å². The maximum atomic E-state index is 15.0. The molecule has 0 N–H and O–H groups in total. The molecule has 3 aromatic heterocycles. The van der Waals surface area contributed by atoms with Gasteiger partial charge in [0.1, 0.15) is 5.82 Å². The average Bonchev–Trinajstić information content (AvgIpc) is 3.34. The number of nitrogens with zero attached hydrogens (tertiary/aromatic N) is 6. The molecule has 8 heteroatoms. The van der Waals surface area contributed by atoms with Crippen LogP contribution in [0.1, 0.15) is 23.7 Å². The molecule has 1 saturated heterocycles. The summed E-state index contributed by atoms with van der Waals surface area (Å²) in [6.07, 6.45) is 6.35. The summed E-state index contributed by atoms with van der Waals surface area (Å²) < 4.78 is 22.3. The fourth-order valence-corrected chi connectivity index (χ4v) is 4.29. The summed E-state index contributed by atoms with van der Waals surface area (Å²) in [6, 6.07) is 4.11. The number of halogens is 1. The van der Waals surface area contributed by atoms with E-state index < -0.39 is 5.95 Å². The van der Waals surface area contributed by atoms with Gasteiger partial charge < -0.3 is 9.64 Å². The minimum atomic E-state index is -0.509. The number of aryl methyl sites for hydroxylation is 2. The zero-order valence-corrected chi connectivity index (χ0v) is 17.3. The standard InChI is InChI=1S/C22H23FN6O/c1-13-12-30-8-7-29(13)19-10-16(21-14(2)26-27-28(21)3)9-18(25-19)20-17-6-4-5-15(17)11-24-22(20)23/h4,6,9-11,13H,5,7-8,12H2,1-3H3/t13-/m1/s1. The number of allylic oxidation sites excluding steroid dienone is 1. The minimum Gasteiger partial charge on any atom is -0.377 e. The molecule has 0 amide bonds. The topological polar surface area (TPSA) is 69.0 Å². The highest BCUT2D eigenvalue weighted by Gasteiger charge is 2.25. The maximum Gasteiger partial charge on any atom is 0.222 e. The molecule has 3 aromatic rings. The molecule has 154 valence electrons. The number of pyridine rings is 2. The number of hydrogen-bond acceptors (Lipinski definition) is 6. The summed E-state index contributed by atoms with van der Waals surface area (Å²) in [6.45, 7) is 6.02. The summed E-state index contributed by atoms with van der Waals surface area (Å²) in [5.41, 5.74) is 5.47. The Morgan fingerprint density at radius 3 is 2.90 bits per heavy atom. The number of morpholine rings is 1. The van der Waals surface area contributed by atoms with Gasteiger partial charge in [-0.15, -0.1) is 5.10 Å². The van der Waals surface area contributed by atoms with Crippen molar-refractivity contribution in [3.8, 4) is 22.5 Å². The smallest absolute Gasteiger partial charge is 0.222 e. The van der Waals surface area contributed by atoms with E-state index in [0.717, 1.165) is 46.9 Å². The molecule has 4 heterocycles. The van der Waals surface area contributed by atoms with Crippen LogP contribution >= 0.6 is 0 Å². The molecule has 0 spiro atoms. The van der Waals surface area contributed by atoms with E-state index in [9.17, 15) is 4.39 Å². The van der Waals surface area contributed by atoms with Gasteiger partial charge in [-0.25, -0.2) is 14.6 Å². The quantitative estimate of drug-likeness (QED) is 0.623. The van der Waals surface area contributed by atoms with E-state index in [2.05, 4.69) is 27.1 Å². The van der Waals surface area contributed by atoms with E-state index in [1.165, 1.54) is 0 Å². The highest BCUT2D eigenvalue weighted by atomic mass is 19.1. The number of hydrogen-bond donors (Lipinski definition) is 0. The number of anilines is 1. The van der Waals surface area contributed by atoms with Crippen LogP contribution in [0, 0.1) is 12.9 Å². The molecule has 0 unspecified atom stereocenters. The van der Waals surface area contributed by atoms with E-state index in [1.54, 1.807) is 10.9 Å². The average molecular weight is 406 g/mol. The molecule has 7 nitrogen and oxygen atoms in total. The van der Waals surface area contributed by atoms with E-state index in [4.69, 9.17) is 9.72 Å². The summed E-state index contributed by atoms with van der Waals surface area (Å²) in [7, 11) is 1.86. The molecule has 0 bridgehead atoms. The zero-order valence-electron chi connectivity index (χ0n) is 17.3. The van der Waals surface area contributed by atoms with E-state index >= 15 is 0 Å². The Bertz CT molecular complexity index is 1140. The van der Waals surface area contributed by atoms with Gasteiger partial charge in [-0.3, -0.25) is 0 Å². The largest absolute Gasteiger partial charge is 0.377 e. The molecule has 0 radical (unpaired) electrons. The molecule has 1 fully saturated rings. The Balaban J connectivity index is 1.74. The predicted molar refractivity (Wildman–Crippen MR) is 113 cm³/mol. The number of aromatic nitrogens is 5. The highest BCUT2D eigenvalue weighted by molar-refractivity contribution is 5.81. The fraction of sp³-hybridized carbons (Fsp3) is 0.364. The van der Waals surface area contributed by atoms with Crippen LogP contribution in [0.25, 0.3) is 28.6 Å². The first-order valence-corrected chi connectivity index (χ1v) is 10.1. The Morgan fingerprint density at radius 1 is 1.27 bits per heavy atom.